The highest BCUT2D eigenvalue weighted by atomic mass is 19.2. The van der Waals surface area contributed by atoms with Crippen LogP contribution >= 0.6 is 0 Å². The van der Waals surface area contributed by atoms with Crippen molar-refractivity contribution in [1.82, 2.24) is 4.98 Å². The number of benzene rings is 1. The topological polar surface area (TPSA) is 64.9 Å². The van der Waals surface area contributed by atoms with E-state index in [0.717, 1.165) is 12.1 Å². The molecular formula is C13H12F3N3. The third kappa shape index (κ3) is 2.68. The van der Waals surface area contributed by atoms with Crippen LogP contribution in [0.3, 0.4) is 0 Å². The van der Waals surface area contributed by atoms with Gasteiger partial charge in [0, 0.05) is 29.7 Å². The van der Waals surface area contributed by atoms with Crippen LogP contribution in [0.4, 0.5) is 18.9 Å². The molecular weight excluding hydrogens is 255 g/mol. The molecule has 0 saturated carbocycles. The van der Waals surface area contributed by atoms with Gasteiger partial charge in [-0.05, 0) is 24.1 Å². The van der Waals surface area contributed by atoms with Crippen LogP contribution in [0, 0.1) is 17.5 Å². The average molecular weight is 267 g/mol. The van der Waals surface area contributed by atoms with Crippen LogP contribution in [0.25, 0.3) is 0 Å². The van der Waals surface area contributed by atoms with E-state index in [-0.39, 0.29) is 12.0 Å². The zero-order valence-corrected chi connectivity index (χ0v) is 9.91. The summed E-state index contributed by atoms with van der Waals surface area (Å²) in [5, 5.41) is 0. The van der Waals surface area contributed by atoms with Crippen molar-refractivity contribution in [3.63, 3.8) is 0 Å². The number of nitrogens with two attached hydrogens (primary N) is 2. The van der Waals surface area contributed by atoms with Gasteiger partial charge in [0.25, 0.3) is 0 Å². The summed E-state index contributed by atoms with van der Waals surface area (Å²) in [6.45, 7) is 0. The molecule has 1 aromatic carbocycles. The monoisotopic (exact) mass is 267 g/mol. The maximum atomic E-state index is 13.6. The molecule has 1 unspecified atom stereocenters. The normalized spacial score (nSPS) is 12.4. The largest absolute Gasteiger partial charge is 0.398 e. The van der Waals surface area contributed by atoms with Crippen LogP contribution < -0.4 is 11.5 Å². The summed E-state index contributed by atoms with van der Waals surface area (Å²) in [6, 6.07) is 2.73. The minimum Gasteiger partial charge on any atom is -0.398 e. The van der Waals surface area contributed by atoms with Gasteiger partial charge in [0.1, 0.15) is 0 Å². The lowest BCUT2D eigenvalue weighted by atomic mass is 9.99. The first-order valence-corrected chi connectivity index (χ1v) is 5.58. The highest BCUT2D eigenvalue weighted by Gasteiger charge is 2.19. The van der Waals surface area contributed by atoms with E-state index in [4.69, 9.17) is 11.5 Å². The highest BCUT2D eigenvalue weighted by molar-refractivity contribution is 5.45. The predicted octanol–water partition coefficient (Wildman–Crippen LogP) is 2.32. The van der Waals surface area contributed by atoms with Crippen LogP contribution in [0.2, 0.25) is 0 Å². The molecule has 100 valence electrons. The second kappa shape index (κ2) is 5.27. The van der Waals surface area contributed by atoms with Gasteiger partial charge in [-0.25, -0.2) is 13.2 Å². The predicted molar refractivity (Wildman–Crippen MR) is 65.6 cm³/mol. The van der Waals surface area contributed by atoms with Crippen molar-refractivity contribution in [2.45, 2.75) is 12.5 Å². The number of halogens is 3. The Labute approximate surface area is 108 Å². The standard InChI is InChI=1S/C13H12F3N3/c14-9-2-1-8(12(15)13(9)16)11(18)5-7-6-19-4-3-10(7)17/h1-4,6,11H,5,18H2,(H2,17,19). The van der Waals surface area contributed by atoms with E-state index in [9.17, 15) is 13.2 Å². The Kier molecular flexibility index (Phi) is 3.71. The fourth-order valence-corrected chi connectivity index (χ4v) is 1.78. The zero-order chi connectivity index (χ0) is 14.0. The first kappa shape index (κ1) is 13.4. The van der Waals surface area contributed by atoms with Crippen molar-refractivity contribution in [2.24, 2.45) is 5.73 Å². The number of nitrogens with zero attached hydrogens (tertiary/aromatic N) is 1. The number of aromatic nitrogens is 1. The van der Waals surface area contributed by atoms with Crippen molar-refractivity contribution in [3.05, 3.63) is 59.2 Å². The van der Waals surface area contributed by atoms with Crippen molar-refractivity contribution in [1.29, 1.82) is 0 Å². The number of hydrogen-bond donors (Lipinski definition) is 2. The Morgan fingerprint density at radius 3 is 2.53 bits per heavy atom. The highest BCUT2D eigenvalue weighted by Crippen LogP contribution is 2.24. The van der Waals surface area contributed by atoms with Gasteiger partial charge in [0.05, 0.1) is 0 Å². The Bertz CT molecular complexity index is 602. The van der Waals surface area contributed by atoms with Gasteiger partial charge >= 0.3 is 0 Å². The lowest BCUT2D eigenvalue weighted by molar-refractivity contribution is 0.435. The lowest BCUT2D eigenvalue weighted by Gasteiger charge is -2.14. The van der Waals surface area contributed by atoms with Gasteiger partial charge in [0.15, 0.2) is 17.5 Å². The third-order valence-electron chi connectivity index (χ3n) is 2.85. The van der Waals surface area contributed by atoms with Gasteiger partial charge in [-0.1, -0.05) is 6.07 Å². The van der Waals surface area contributed by atoms with Gasteiger partial charge in [-0.3, -0.25) is 4.98 Å². The molecule has 3 nitrogen and oxygen atoms in total. The molecule has 0 amide bonds. The quantitative estimate of drug-likeness (QED) is 0.839. The van der Waals surface area contributed by atoms with Gasteiger partial charge in [-0.15, -0.1) is 0 Å². The maximum absolute atomic E-state index is 13.6. The summed E-state index contributed by atoms with van der Waals surface area (Å²) in [4.78, 5) is 3.88. The molecule has 6 heteroatoms. The summed E-state index contributed by atoms with van der Waals surface area (Å²) < 4.78 is 39.5. The van der Waals surface area contributed by atoms with Gasteiger partial charge in [-0.2, -0.15) is 0 Å². The summed E-state index contributed by atoms with van der Waals surface area (Å²) in [5.41, 5.74) is 12.5. The average Bonchev–Trinajstić information content (AvgIpc) is 2.39. The molecule has 1 aromatic heterocycles. The summed E-state index contributed by atoms with van der Waals surface area (Å²) in [7, 11) is 0. The maximum Gasteiger partial charge on any atom is 0.194 e. The van der Waals surface area contributed by atoms with Crippen molar-refractivity contribution in [2.75, 3.05) is 5.73 Å². The van der Waals surface area contributed by atoms with Crippen LogP contribution in [-0.4, -0.2) is 4.98 Å². The fourth-order valence-electron chi connectivity index (χ4n) is 1.78. The van der Waals surface area contributed by atoms with Crippen molar-refractivity contribution >= 4 is 5.69 Å². The molecule has 1 heterocycles. The van der Waals surface area contributed by atoms with E-state index in [1.54, 1.807) is 6.07 Å². The van der Waals surface area contributed by atoms with E-state index in [1.807, 2.05) is 0 Å². The Morgan fingerprint density at radius 1 is 1.11 bits per heavy atom. The Hall–Kier alpha value is -2.08. The molecule has 0 aliphatic rings. The number of pyridine rings is 1. The van der Waals surface area contributed by atoms with E-state index >= 15 is 0 Å². The van der Waals surface area contributed by atoms with Crippen LogP contribution in [0.1, 0.15) is 17.2 Å². The summed E-state index contributed by atoms with van der Waals surface area (Å²) >= 11 is 0. The van der Waals surface area contributed by atoms with Crippen LogP contribution in [0.15, 0.2) is 30.6 Å². The fraction of sp³-hybridized carbons (Fsp3) is 0.154. The lowest BCUT2D eigenvalue weighted by Crippen LogP contribution is -2.17. The van der Waals surface area contributed by atoms with Crippen LogP contribution in [-0.2, 0) is 6.42 Å². The molecule has 0 spiro atoms. The molecule has 2 rings (SSSR count). The number of nitrogen functional groups attached to an aromatic ring is 1. The first-order valence-electron chi connectivity index (χ1n) is 5.58. The van der Waals surface area contributed by atoms with Gasteiger partial charge < -0.3 is 11.5 Å². The molecule has 2 aromatic rings. The summed E-state index contributed by atoms with van der Waals surface area (Å²) in [5.74, 6) is -4.03. The van der Waals surface area contributed by atoms with E-state index in [1.165, 1.54) is 12.4 Å². The van der Waals surface area contributed by atoms with E-state index < -0.39 is 23.5 Å². The number of hydrogen-bond acceptors (Lipinski definition) is 3. The molecule has 19 heavy (non-hydrogen) atoms. The molecule has 1 atom stereocenters. The Balaban J connectivity index is 2.28. The second-order valence-electron chi connectivity index (χ2n) is 4.15. The molecule has 4 N–H and O–H groups in total. The first-order chi connectivity index (χ1) is 9.00. The molecule has 0 radical (unpaired) electrons. The zero-order valence-electron chi connectivity index (χ0n) is 9.91. The number of rotatable bonds is 3. The number of anilines is 1. The summed E-state index contributed by atoms with van der Waals surface area (Å²) in [6.07, 6.45) is 3.21. The second-order valence-corrected chi connectivity index (χ2v) is 4.15. The molecule has 0 saturated heterocycles. The van der Waals surface area contributed by atoms with E-state index in [0.29, 0.717) is 11.3 Å². The van der Waals surface area contributed by atoms with Gasteiger partial charge in [0.2, 0.25) is 0 Å². The van der Waals surface area contributed by atoms with E-state index in [2.05, 4.69) is 4.98 Å². The van der Waals surface area contributed by atoms with Crippen molar-refractivity contribution in [3.8, 4) is 0 Å². The molecule has 0 aliphatic heterocycles. The van der Waals surface area contributed by atoms with Crippen molar-refractivity contribution < 1.29 is 13.2 Å². The SMILES string of the molecule is Nc1ccncc1CC(N)c1ccc(F)c(F)c1F. The minimum absolute atomic E-state index is 0.0952. The smallest absolute Gasteiger partial charge is 0.194 e. The Morgan fingerprint density at radius 2 is 1.84 bits per heavy atom. The molecule has 0 bridgehead atoms. The minimum atomic E-state index is -1.52. The molecule has 0 aliphatic carbocycles. The molecule has 0 fully saturated rings. The third-order valence-corrected chi connectivity index (χ3v) is 2.85. The van der Waals surface area contributed by atoms with Crippen LogP contribution in [0.5, 0.6) is 0 Å².